The van der Waals surface area contributed by atoms with Gasteiger partial charge in [0.05, 0.1) is 31.7 Å². The van der Waals surface area contributed by atoms with Gasteiger partial charge in [0.1, 0.15) is 0 Å². The molecule has 0 spiro atoms. The molecule has 0 amide bonds. The van der Waals surface area contributed by atoms with E-state index in [2.05, 4.69) is 10.5 Å². The fraction of sp³-hybridized carbons (Fsp3) is 0.125. The van der Waals surface area contributed by atoms with Crippen molar-refractivity contribution in [2.24, 2.45) is 5.10 Å². The van der Waals surface area contributed by atoms with E-state index in [4.69, 9.17) is 14.6 Å². The van der Waals surface area contributed by atoms with Gasteiger partial charge in [-0.05, 0) is 36.4 Å². The molecule has 3 N–H and O–H groups in total. The van der Waals surface area contributed by atoms with Crippen molar-refractivity contribution < 1.29 is 24.5 Å². The number of hydrazone groups is 1. The zero-order valence-electron chi connectivity index (χ0n) is 12.6. The summed E-state index contributed by atoms with van der Waals surface area (Å²) in [5.41, 5.74) is 4.28. The smallest absolute Gasteiger partial charge is 0.335 e. The standard InChI is InChI=1S/C16H16N2O5/c1-22-13-7-10(8-14(23-2)15(13)19)9-17-18-12-5-3-11(4-6-12)16(20)21/h3-9,18-19H,1-2H3,(H,20,21). The summed E-state index contributed by atoms with van der Waals surface area (Å²) >= 11 is 0. The number of carboxylic acid groups (broad SMARTS) is 1. The molecule has 0 aliphatic heterocycles. The van der Waals surface area contributed by atoms with E-state index in [1.165, 1.54) is 32.6 Å². The number of hydrogen-bond acceptors (Lipinski definition) is 6. The van der Waals surface area contributed by atoms with Gasteiger partial charge in [-0.15, -0.1) is 0 Å². The molecule has 0 fully saturated rings. The van der Waals surface area contributed by atoms with Gasteiger partial charge < -0.3 is 19.7 Å². The molecule has 0 aromatic heterocycles. The molecule has 0 saturated heterocycles. The minimum atomic E-state index is -0.983. The maximum absolute atomic E-state index is 10.8. The normalized spacial score (nSPS) is 10.5. The van der Waals surface area contributed by atoms with Crippen molar-refractivity contribution in [3.63, 3.8) is 0 Å². The first-order valence-corrected chi connectivity index (χ1v) is 6.62. The number of carbonyl (C=O) groups is 1. The third-order valence-electron chi connectivity index (χ3n) is 3.04. The molecule has 7 nitrogen and oxygen atoms in total. The number of nitrogens with one attached hydrogen (secondary N) is 1. The molecule has 2 aromatic rings. The van der Waals surface area contributed by atoms with Crippen LogP contribution in [0.2, 0.25) is 0 Å². The predicted octanol–water partition coefficient (Wildman–Crippen LogP) is 2.55. The number of phenols is 1. The van der Waals surface area contributed by atoms with Crippen molar-refractivity contribution in [1.29, 1.82) is 0 Å². The third kappa shape index (κ3) is 3.91. The average Bonchev–Trinajstić information content (AvgIpc) is 2.56. The summed E-state index contributed by atoms with van der Waals surface area (Å²) in [5.74, 6) is -0.513. The summed E-state index contributed by atoms with van der Waals surface area (Å²) in [5, 5.41) is 22.7. The Kier molecular flexibility index (Phi) is 5.03. The van der Waals surface area contributed by atoms with E-state index in [1.54, 1.807) is 24.3 Å². The van der Waals surface area contributed by atoms with E-state index < -0.39 is 5.97 Å². The van der Waals surface area contributed by atoms with E-state index in [0.29, 0.717) is 11.3 Å². The van der Waals surface area contributed by atoms with Crippen LogP contribution in [0, 0.1) is 0 Å². The number of aromatic hydroxyl groups is 1. The Hall–Kier alpha value is -3.22. The van der Waals surface area contributed by atoms with Crippen LogP contribution in [0.4, 0.5) is 5.69 Å². The topological polar surface area (TPSA) is 100 Å². The highest BCUT2D eigenvalue weighted by Gasteiger charge is 2.10. The lowest BCUT2D eigenvalue weighted by Crippen LogP contribution is -1.97. The fourth-order valence-corrected chi connectivity index (χ4v) is 1.86. The largest absolute Gasteiger partial charge is 0.502 e. The van der Waals surface area contributed by atoms with Gasteiger partial charge in [-0.25, -0.2) is 4.79 Å². The molecule has 0 aliphatic rings. The molecule has 2 aromatic carbocycles. The van der Waals surface area contributed by atoms with Crippen LogP contribution in [0.1, 0.15) is 15.9 Å². The monoisotopic (exact) mass is 316 g/mol. The van der Waals surface area contributed by atoms with Crippen LogP contribution in [0.3, 0.4) is 0 Å². The van der Waals surface area contributed by atoms with Gasteiger partial charge in [-0.2, -0.15) is 5.10 Å². The number of methoxy groups -OCH3 is 2. The second-order valence-electron chi connectivity index (χ2n) is 4.53. The van der Waals surface area contributed by atoms with Crippen LogP contribution in [-0.2, 0) is 0 Å². The lowest BCUT2D eigenvalue weighted by molar-refractivity contribution is 0.0697. The number of benzene rings is 2. The zero-order valence-corrected chi connectivity index (χ0v) is 12.6. The Balaban J connectivity index is 2.12. The minimum absolute atomic E-state index is 0.0793. The maximum atomic E-state index is 10.8. The number of rotatable bonds is 6. The third-order valence-corrected chi connectivity index (χ3v) is 3.04. The van der Waals surface area contributed by atoms with E-state index >= 15 is 0 Å². The summed E-state index contributed by atoms with van der Waals surface area (Å²) in [7, 11) is 2.88. The lowest BCUT2D eigenvalue weighted by Gasteiger charge is -2.09. The Labute approximate surface area is 132 Å². The van der Waals surface area contributed by atoms with E-state index in [9.17, 15) is 9.90 Å². The summed E-state index contributed by atoms with van der Waals surface area (Å²) in [4.78, 5) is 10.8. The first-order chi connectivity index (χ1) is 11.0. The molecule has 2 rings (SSSR count). The highest BCUT2D eigenvalue weighted by atomic mass is 16.5. The van der Waals surface area contributed by atoms with Crippen molar-refractivity contribution in [2.45, 2.75) is 0 Å². The van der Waals surface area contributed by atoms with Gasteiger partial charge in [-0.1, -0.05) is 0 Å². The van der Waals surface area contributed by atoms with Crippen molar-refractivity contribution in [3.05, 3.63) is 47.5 Å². The molecule has 0 heterocycles. The van der Waals surface area contributed by atoms with Gasteiger partial charge in [-0.3, -0.25) is 5.43 Å². The highest BCUT2D eigenvalue weighted by Crippen LogP contribution is 2.36. The van der Waals surface area contributed by atoms with Crippen LogP contribution in [0.5, 0.6) is 17.2 Å². The second-order valence-corrected chi connectivity index (χ2v) is 4.53. The predicted molar refractivity (Wildman–Crippen MR) is 85.8 cm³/mol. The molecular formula is C16H16N2O5. The van der Waals surface area contributed by atoms with Gasteiger partial charge in [0.15, 0.2) is 11.5 Å². The van der Waals surface area contributed by atoms with E-state index in [0.717, 1.165) is 0 Å². The Morgan fingerprint density at radius 3 is 2.17 bits per heavy atom. The number of ether oxygens (including phenoxy) is 2. The van der Waals surface area contributed by atoms with Crippen LogP contribution in [0.15, 0.2) is 41.5 Å². The first-order valence-electron chi connectivity index (χ1n) is 6.62. The van der Waals surface area contributed by atoms with Gasteiger partial charge in [0, 0.05) is 5.56 Å². The van der Waals surface area contributed by atoms with Gasteiger partial charge >= 0.3 is 5.97 Å². The molecule has 0 unspecified atom stereocenters. The Morgan fingerprint density at radius 2 is 1.70 bits per heavy atom. The Morgan fingerprint density at radius 1 is 1.13 bits per heavy atom. The number of phenolic OH excluding ortho intramolecular Hbond substituents is 1. The van der Waals surface area contributed by atoms with Crippen LogP contribution in [-0.4, -0.2) is 36.6 Å². The van der Waals surface area contributed by atoms with Gasteiger partial charge in [0.25, 0.3) is 0 Å². The fourth-order valence-electron chi connectivity index (χ4n) is 1.86. The number of anilines is 1. The van der Waals surface area contributed by atoms with Crippen molar-refractivity contribution in [2.75, 3.05) is 19.6 Å². The van der Waals surface area contributed by atoms with Crippen molar-refractivity contribution >= 4 is 17.9 Å². The maximum Gasteiger partial charge on any atom is 0.335 e. The van der Waals surface area contributed by atoms with Crippen LogP contribution >= 0.6 is 0 Å². The highest BCUT2D eigenvalue weighted by molar-refractivity contribution is 5.88. The quantitative estimate of drug-likeness (QED) is 0.559. The molecule has 0 atom stereocenters. The Bertz CT molecular complexity index is 701. The summed E-state index contributed by atoms with van der Waals surface area (Å²) in [6.07, 6.45) is 1.52. The number of aromatic carboxylic acids is 1. The lowest BCUT2D eigenvalue weighted by atomic mass is 10.2. The minimum Gasteiger partial charge on any atom is -0.502 e. The van der Waals surface area contributed by atoms with E-state index in [1.807, 2.05) is 0 Å². The summed E-state index contributed by atoms with van der Waals surface area (Å²) < 4.78 is 10.1. The second kappa shape index (κ2) is 7.17. The van der Waals surface area contributed by atoms with Crippen LogP contribution < -0.4 is 14.9 Å². The molecule has 0 radical (unpaired) electrons. The molecular weight excluding hydrogens is 300 g/mol. The first kappa shape index (κ1) is 16.2. The zero-order chi connectivity index (χ0) is 16.8. The molecule has 0 saturated carbocycles. The summed E-state index contributed by atoms with van der Waals surface area (Å²) in [6, 6.07) is 9.39. The van der Waals surface area contributed by atoms with Crippen molar-refractivity contribution in [3.8, 4) is 17.2 Å². The summed E-state index contributed by atoms with van der Waals surface area (Å²) in [6.45, 7) is 0. The number of carboxylic acids is 1. The number of hydrogen-bond donors (Lipinski definition) is 3. The van der Waals surface area contributed by atoms with Crippen LogP contribution in [0.25, 0.3) is 0 Å². The molecule has 120 valence electrons. The SMILES string of the molecule is COc1cc(C=NNc2ccc(C(=O)O)cc2)cc(OC)c1O. The van der Waals surface area contributed by atoms with E-state index in [-0.39, 0.29) is 22.8 Å². The molecule has 0 bridgehead atoms. The molecule has 23 heavy (non-hydrogen) atoms. The molecule has 7 heteroatoms. The number of nitrogens with zero attached hydrogens (tertiary/aromatic N) is 1. The average molecular weight is 316 g/mol. The van der Waals surface area contributed by atoms with Crippen molar-refractivity contribution in [1.82, 2.24) is 0 Å². The molecule has 0 aliphatic carbocycles. The van der Waals surface area contributed by atoms with Gasteiger partial charge in [0.2, 0.25) is 5.75 Å².